The molecule has 1 aliphatic rings. The van der Waals surface area contributed by atoms with Gasteiger partial charge in [-0.2, -0.15) is 5.10 Å². The summed E-state index contributed by atoms with van der Waals surface area (Å²) in [6.07, 6.45) is 4.06. The molecule has 2 N–H and O–H groups in total. The molecule has 0 bridgehead atoms. The second kappa shape index (κ2) is 1.83. The van der Waals surface area contributed by atoms with Crippen molar-refractivity contribution in [2.24, 2.45) is 12.8 Å². The monoisotopic (exact) mass is 137 g/mol. The van der Waals surface area contributed by atoms with Crippen LogP contribution < -0.4 is 5.73 Å². The minimum absolute atomic E-state index is 0.240. The van der Waals surface area contributed by atoms with E-state index in [9.17, 15) is 0 Å². The molecule has 3 heteroatoms. The molecule has 3 nitrogen and oxygen atoms in total. The predicted octanol–water partition coefficient (Wildman–Crippen LogP) is 0.366. The van der Waals surface area contributed by atoms with Gasteiger partial charge in [-0.3, -0.25) is 4.68 Å². The van der Waals surface area contributed by atoms with Crippen molar-refractivity contribution in [2.45, 2.75) is 18.9 Å². The number of hydrogen-bond acceptors (Lipinski definition) is 2. The molecule has 1 heterocycles. The molecule has 0 saturated heterocycles. The highest BCUT2D eigenvalue weighted by atomic mass is 15.3. The van der Waals surface area contributed by atoms with Gasteiger partial charge in [-0.25, -0.2) is 0 Å². The molecule has 0 spiro atoms. The van der Waals surface area contributed by atoms with Crippen molar-refractivity contribution in [1.82, 2.24) is 9.78 Å². The average molecular weight is 137 g/mol. The van der Waals surface area contributed by atoms with Crippen LogP contribution in [0.25, 0.3) is 0 Å². The largest absolute Gasteiger partial charge is 0.324 e. The first-order valence-electron chi connectivity index (χ1n) is 3.55. The van der Waals surface area contributed by atoms with Crippen LogP contribution >= 0.6 is 0 Å². The van der Waals surface area contributed by atoms with Crippen molar-refractivity contribution in [3.05, 3.63) is 17.5 Å². The van der Waals surface area contributed by atoms with Gasteiger partial charge in [-0.15, -0.1) is 0 Å². The van der Waals surface area contributed by atoms with Crippen LogP contribution in [0.4, 0.5) is 0 Å². The van der Waals surface area contributed by atoms with Crippen LogP contribution in [-0.2, 0) is 13.5 Å². The summed E-state index contributed by atoms with van der Waals surface area (Å²) in [5.41, 5.74) is 8.36. The molecule has 0 aliphatic heterocycles. The van der Waals surface area contributed by atoms with Gasteiger partial charge in [0.2, 0.25) is 0 Å². The van der Waals surface area contributed by atoms with Crippen molar-refractivity contribution >= 4 is 0 Å². The summed E-state index contributed by atoms with van der Waals surface area (Å²) in [4.78, 5) is 0. The van der Waals surface area contributed by atoms with Gasteiger partial charge in [0.15, 0.2) is 0 Å². The summed E-state index contributed by atoms with van der Waals surface area (Å²) in [6.45, 7) is 0. The summed E-state index contributed by atoms with van der Waals surface area (Å²) < 4.78 is 1.92. The Balaban J connectivity index is 2.53. The predicted molar refractivity (Wildman–Crippen MR) is 38.5 cm³/mol. The lowest BCUT2D eigenvalue weighted by Crippen LogP contribution is -2.03. The van der Waals surface area contributed by atoms with Gasteiger partial charge in [0.1, 0.15) is 0 Å². The van der Waals surface area contributed by atoms with Crippen molar-refractivity contribution in [3.63, 3.8) is 0 Å². The zero-order chi connectivity index (χ0) is 7.14. The van der Waals surface area contributed by atoms with E-state index in [0.717, 1.165) is 12.8 Å². The molecule has 1 aliphatic carbocycles. The third-order valence-electron chi connectivity index (χ3n) is 2.19. The molecule has 0 aromatic carbocycles. The average Bonchev–Trinajstić information content (AvgIpc) is 2.41. The Kier molecular flexibility index (Phi) is 1.08. The van der Waals surface area contributed by atoms with E-state index in [4.69, 9.17) is 5.73 Å². The molecule has 0 radical (unpaired) electrons. The van der Waals surface area contributed by atoms with E-state index in [1.807, 2.05) is 17.9 Å². The van der Waals surface area contributed by atoms with Gasteiger partial charge in [0.25, 0.3) is 0 Å². The highest BCUT2D eigenvalue weighted by molar-refractivity contribution is 5.26. The first-order valence-corrected chi connectivity index (χ1v) is 3.55. The lowest BCUT2D eigenvalue weighted by atomic mass is 10.2. The molecule has 1 aromatic heterocycles. The third kappa shape index (κ3) is 0.609. The Morgan fingerprint density at radius 3 is 3.30 bits per heavy atom. The van der Waals surface area contributed by atoms with E-state index in [-0.39, 0.29) is 6.04 Å². The fraction of sp³-hybridized carbons (Fsp3) is 0.571. The quantitative estimate of drug-likeness (QED) is 0.561. The number of nitrogens with zero attached hydrogens (tertiary/aromatic N) is 2. The molecule has 0 fully saturated rings. The van der Waals surface area contributed by atoms with Gasteiger partial charge >= 0.3 is 0 Å². The first kappa shape index (κ1) is 5.92. The Morgan fingerprint density at radius 2 is 2.60 bits per heavy atom. The summed E-state index contributed by atoms with van der Waals surface area (Å²) in [7, 11) is 1.97. The van der Waals surface area contributed by atoms with Crippen molar-refractivity contribution in [2.75, 3.05) is 0 Å². The molecule has 1 aromatic rings. The van der Waals surface area contributed by atoms with Crippen molar-refractivity contribution in [3.8, 4) is 0 Å². The zero-order valence-corrected chi connectivity index (χ0v) is 6.04. The molecule has 0 saturated carbocycles. The van der Waals surface area contributed by atoms with Crippen molar-refractivity contribution in [1.29, 1.82) is 0 Å². The zero-order valence-electron chi connectivity index (χ0n) is 6.04. The smallest absolute Gasteiger partial charge is 0.0540 e. The number of nitrogens with two attached hydrogens (primary N) is 1. The number of hydrogen-bond donors (Lipinski definition) is 1. The van der Waals surface area contributed by atoms with Crippen LogP contribution in [0.5, 0.6) is 0 Å². The lowest BCUT2D eigenvalue weighted by Gasteiger charge is -1.96. The minimum Gasteiger partial charge on any atom is -0.324 e. The maximum atomic E-state index is 5.81. The highest BCUT2D eigenvalue weighted by Crippen LogP contribution is 2.27. The van der Waals surface area contributed by atoms with Gasteiger partial charge in [-0.05, 0) is 12.8 Å². The fourth-order valence-corrected chi connectivity index (χ4v) is 1.54. The SMILES string of the molecule is Cn1ncc2c1CCC2N. The summed E-state index contributed by atoms with van der Waals surface area (Å²) in [6, 6.07) is 0.240. The topological polar surface area (TPSA) is 43.8 Å². The Morgan fingerprint density at radius 1 is 1.80 bits per heavy atom. The Hall–Kier alpha value is -0.830. The van der Waals surface area contributed by atoms with Gasteiger partial charge in [0, 0.05) is 24.3 Å². The van der Waals surface area contributed by atoms with Gasteiger partial charge < -0.3 is 5.73 Å². The van der Waals surface area contributed by atoms with Crippen molar-refractivity contribution < 1.29 is 0 Å². The lowest BCUT2D eigenvalue weighted by molar-refractivity contribution is 0.669. The van der Waals surface area contributed by atoms with Crippen LogP contribution in [0, 0.1) is 0 Å². The molecule has 1 unspecified atom stereocenters. The first-order chi connectivity index (χ1) is 4.79. The van der Waals surface area contributed by atoms with Crippen LogP contribution in [0.15, 0.2) is 6.20 Å². The summed E-state index contributed by atoms with van der Waals surface area (Å²) in [5.74, 6) is 0. The van der Waals surface area contributed by atoms with E-state index in [2.05, 4.69) is 5.10 Å². The van der Waals surface area contributed by atoms with Gasteiger partial charge in [-0.1, -0.05) is 0 Å². The standard InChI is InChI=1S/C7H11N3/c1-10-7-3-2-6(8)5(7)4-9-10/h4,6H,2-3,8H2,1H3. The van der Waals surface area contributed by atoms with E-state index in [1.54, 1.807) is 0 Å². The highest BCUT2D eigenvalue weighted by Gasteiger charge is 2.21. The van der Waals surface area contributed by atoms with E-state index >= 15 is 0 Å². The number of aryl methyl sites for hydroxylation is 1. The van der Waals surface area contributed by atoms with Crippen LogP contribution in [0.2, 0.25) is 0 Å². The van der Waals surface area contributed by atoms with E-state index in [1.165, 1.54) is 11.3 Å². The van der Waals surface area contributed by atoms with Gasteiger partial charge in [0.05, 0.1) is 6.20 Å². The molecular weight excluding hydrogens is 126 g/mol. The number of aromatic nitrogens is 2. The van der Waals surface area contributed by atoms with E-state index in [0.29, 0.717) is 0 Å². The number of fused-ring (bicyclic) bond motifs is 1. The molecular formula is C7H11N3. The molecule has 1 atom stereocenters. The summed E-state index contributed by atoms with van der Waals surface area (Å²) in [5, 5.41) is 4.13. The van der Waals surface area contributed by atoms with Crippen LogP contribution in [-0.4, -0.2) is 9.78 Å². The van der Waals surface area contributed by atoms with E-state index < -0.39 is 0 Å². The second-order valence-corrected chi connectivity index (χ2v) is 2.82. The van der Waals surface area contributed by atoms with Crippen LogP contribution in [0.3, 0.4) is 0 Å². The third-order valence-corrected chi connectivity index (χ3v) is 2.19. The normalized spacial score (nSPS) is 23.2. The second-order valence-electron chi connectivity index (χ2n) is 2.82. The van der Waals surface area contributed by atoms with Crippen LogP contribution in [0.1, 0.15) is 23.7 Å². The minimum atomic E-state index is 0.240. The fourth-order valence-electron chi connectivity index (χ4n) is 1.54. The molecule has 0 amide bonds. The molecule has 54 valence electrons. The maximum absolute atomic E-state index is 5.81. The Bertz CT molecular complexity index is 251. The number of rotatable bonds is 0. The molecule has 10 heavy (non-hydrogen) atoms. The molecule has 2 rings (SSSR count). The maximum Gasteiger partial charge on any atom is 0.0540 e. The Labute approximate surface area is 59.8 Å². The summed E-state index contributed by atoms with van der Waals surface area (Å²) >= 11 is 0.